The van der Waals surface area contributed by atoms with E-state index in [9.17, 15) is 9.59 Å². The summed E-state index contributed by atoms with van der Waals surface area (Å²) in [4.78, 5) is 23.2. The molecule has 0 N–H and O–H groups in total. The van der Waals surface area contributed by atoms with Gasteiger partial charge in [-0.1, -0.05) is 26.2 Å². The predicted octanol–water partition coefficient (Wildman–Crippen LogP) is 2.31. The molecular formula is C13H22O4. The molecule has 0 aromatic heterocycles. The van der Waals surface area contributed by atoms with Gasteiger partial charge in [-0.2, -0.15) is 0 Å². The van der Waals surface area contributed by atoms with Gasteiger partial charge in [0, 0.05) is 0 Å². The Bertz CT molecular complexity index is 279. The number of esters is 2. The first-order valence-electron chi connectivity index (χ1n) is 6.18. The van der Waals surface area contributed by atoms with E-state index in [0.29, 0.717) is 0 Å². The van der Waals surface area contributed by atoms with Crippen LogP contribution in [0.15, 0.2) is 0 Å². The monoisotopic (exact) mass is 242 g/mol. The molecule has 0 heterocycles. The van der Waals surface area contributed by atoms with E-state index in [-0.39, 0.29) is 29.7 Å². The quantitative estimate of drug-likeness (QED) is 0.710. The van der Waals surface area contributed by atoms with Crippen molar-refractivity contribution in [3.8, 4) is 0 Å². The van der Waals surface area contributed by atoms with Crippen molar-refractivity contribution in [2.75, 3.05) is 14.2 Å². The highest BCUT2D eigenvalue weighted by atomic mass is 16.5. The average molecular weight is 242 g/mol. The largest absolute Gasteiger partial charge is 0.469 e. The third-order valence-corrected chi connectivity index (χ3v) is 3.92. The fraction of sp³-hybridized carbons (Fsp3) is 0.846. The number of ether oxygens (including phenoxy) is 2. The molecule has 4 heteroatoms. The maximum Gasteiger partial charge on any atom is 0.309 e. The van der Waals surface area contributed by atoms with E-state index in [4.69, 9.17) is 4.74 Å². The van der Waals surface area contributed by atoms with Gasteiger partial charge in [0.15, 0.2) is 0 Å². The summed E-state index contributed by atoms with van der Waals surface area (Å²) < 4.78 is 9.49. The molecule has 0 aliphatic heterocycles. The minimum absolute atomic E-state index is 0.125. The van der Waals surface area contributed by atoms with Crippen molar-refractivity contribution >= 4 is 11.9 Å². The highest BCUT2D eigenvalue weighted by Crippen LogP contribution is 2.44. The van der Waals surface area contributed by atoms with Crippen LogP contribution in [0, 0.1) is 11.3 Å². The first-order valence-corrected chi connectivity index (χ1v) is 6.18. The van der Waals surface area contributed by atoms with Gasteiger partial charge in [-0.05, 0) is 18.3 Å². The van der Waals surface area contributed by atoms with E-state index in [2.05, 4.69) is 11.7 Å². The Labute approximate surface area is 103 Å². The van der Waals surface area contributed by atoms with E-state index in [1.54, 1.807) is 0 Å². The lowest BCUT2D eigenvalue weighted by Gasteiger charge is -2.38. The number of hydrogen-bond acceptors (Lipinski definition) is 4. The summed E-state index contributed by atoms with van der Waals surface area (Å²) in [5, 5.41) is 0. The van der Waals surface area contributed by atoms with E-state index in [1.807, 2.05) is 0 Å². The molecule has 98 valence electrons. The summed E-state index contributed by atoms with van der Waals surface area (Å²) in [7, 11) is 2.72. The topological polar surface area (TPSA) is 52.6 Å². The number of carbonyl (C=O) groups excluding carboxylic acids is 2. The molecule has 0 bridgehead atoms. The lowest BCUT2D eigenvalue weighted by Crippen LogP contribution is -2.37. The minimum Gasteiger partial charge on any atom is -0.469 e. The summed E-state index contributed by atoms with van der Waals surface area (Å²) in [6.07, 6.45) is 5.52. The van der Waals surface area contributed by atoms with Crippen LogP contribution in [0.1, 0.15) is 45.4 Å². The van der Waals surface area contributed by atoms with Crippen LogP contribution in [0.25, 0.3) is 0 Å². The van der Waals surface area contributed by atoms with Crippen molar-refractivity contribution in [3.63, 3.8) is 0 Å². The second kappa shape index (κ2) is 6.03. The molecule has 1 aliphatic rings. The van der Waals surface area contributed by atoms with Crippen LogP contribution in [0.5, 0.6) is 0 Å². The molecule has 4 nitrogen and oxygen atoms in total. The normalized spacial score (nSPS) is 20.4. The highest BCUT2D eigenvalue weighted by molar-refractivity contribution is 5.80. The molecule has 0 saturated heterocycles. The Kier molecular flexibility index (Phi) is 4.97. The van der Waals surface area contributed by atoms with Crippen LogP contribution >= 0.6 is 0 Å². The van der Waals surface area contributed by atoms with Gasteiger partial charge in [0.2, 0.25) is 0 Å². The van der Waals surface area contributed by atoms with E-state index in [0.717, 1.165) is 25.7 Å². The Morgan fingerprint density at radius 2 is 1.71 bits per heavy atom. The molecule has 1 atom stereocenters. The molecule has 1 rings (SSSR count). The fourth-order valence-corrected chi connectivity index (χ4v) is 2.71. The van der Waals surface area contributed by atoms with Gasteiger partial charge in [-0.25, -0.2) is 0 Å². The van der Waals surface area contributed by atoms with Gasteiger partial charge < -0.3 is 9.47 Å². The lowest BCUT2D eigenvalue weighted by molar-refractivity contribution is -0.157. The molecule has 17 heavy (non-hydrogen) atoms. The molecule has 1 saturated carbocycles. The van der Waals surface area contributed by atoms with Gasteiger partial charge >= 0.3 is 11.9 Å². The van der Waals surface area contributed by atoms with Gasteiger partial charge in [0.25, 0.3) is 0 Å². The van der Waals surface area contributed by atoms with Crippen LogP contribution < -0.4 is 0 Å². The number of rotatable bonds is 4. The zero-order valence-electron chi connectivity index (χ0n) is 11.0. The van der Waals surface area contributed by atoms with Crippen LogP contribution in [-0.2, 0) is 19.1 Å². The smallest absolute Gasteiger partial charge is 0.309 e. The minimum atomic E-state index is -0.375. The van der Waals surface area contributed by atoms with Gasteiger partial charge in [0.1, 0.15) is 0 Å². The van der Waals surface area contributed by atoms with E-state index in [1.165, 1.54) is 20.6 Å². The lowest BCUT2D eigenvalue weighted by atomic mass is 9.66. The first-order chi connectivity index (χ1) is 8.03. The molecule has 0 unspecified atom stereocenters. The van der Waals surface area contributed by atoms with E-state index >= 15 is 0 Å². The Hall–Kier alpha value is -1.06. The number of methoxy groups -OCH3 is 2. The Morgan fingerprint density at radius 3 is 2.18 bits per heavy atom. The third kappa shape index (κ3) is 3.45. The molecular weight excluding hydrogens is 220 g/mol. The van der Waals surface area contributed by atoms with Crippen LogP contribution in [-0.4, -0.2) is 26.2 Å². The number of carbonyl (C=O) groups is 2. The standard InChI is InChI=1S/C13H22O4/c1-13(7-5-4-6-8-13)10(12(15)17-3)9-11(14)16-2/h10H,4-9H2,1-3H3/t10-/m1/s1. The summed E-state index contributed by atoms with van der Waals surface area (Å²) in [6.45, 7) is 2.08. The van der Waals surface area contributed by atoms with Crippen LogP contribution in [0.2, 0.25) is 0 Å². The van der Waals surface area contributed by atoms with Crippen molar-refractivity contribution in [2.24, 2.45) is 11.3 Å². The van der Waals surface area contributed by atoms with Crippen LogP contribution in [0.3, 0.4) is 0 Å². The summed E-state index contributed by atoms with van der Waals surface area (Å²) in [5.41, 5.74) is -0.125. The molecule has 0 spiro atoms. The molecule has 1 fully saturated rings. The average Bonchev–Trinajstić information content (AvgIpc) is 2.35. The fourth-order valence-electron chi connectivity index (χ4n) is 2.71. The molecule has 0 radical (unpaired) electrons. The second-order valence-corrected chi connectivity index (χ2v) is 5.07. The van der Waals surface area contributed by atoms with Crippen molar-refractivity contribution in [1.29, 1.82) is 0 Å². The molecule has 0 aromatic carbocycles. The maximum absolute atomic E-state index is 11.8. The molecule has 0 amide bonds. The molecule has 0 aromatic rings. The zero-order chi connectivity index (χ0) is 12.9. The number of hydrogen-bond donors (Lipinski definition) is 0. The van der Waals surface area contributed by atoms with Crippen molar-refractivity contribution in [3.05, 3.63) is 0 Å². The Balaban J connectivity index is 2.80. The van der Waals surface area contributed by atoms with Crippen molar-refractivity contribution in [2.45, 2.75) is 45.4 Å². The zero-order valence-corrected chi connectivity index (χ0v) is 11.0. The summed E-state index contributed by atoms with van der Waals surface area (Å²) in [5.74, 6) is -1.01. The van der Waals surface area contributed by atoms with Crippen molar-refractivity contribution in [1.82, 2.24) is 0 Å². The first kappa shape index (κ1) is 14.0. The van der Waals surface area contributed by atoms with Gasteiger partial charge in [-0.15, -0.1) is 0 Å². The van der Waals surface area contributed by atoms with E-state index < -0.39 is 0 Å². The van der Waals surface area contributed by atoms with Gasteiger partial charge in [0.05, 0.1) is 26.6 Å². The summed E-state index contributed by atoms with van der Waals surface area (Å²) in [6, 6.07) is 0. The van der Waals surface area contributed by atoms with Crippen molar-refractivity contribution < 1.29 is 19.1 Å². The molecule has 1 aliphatic carbocycles. The highest BCUT2D eigenvalue weighted by Gasteiger charge is 2.41. The van der Waals surface area contributed by atoms with Crippen LogP contribution in [0.4, 0.5) is 0 Å². The maximum atomic E-state index is 11.8. The second-order valence-electron chi connectivity index (χ2n) is 5.07. The Morgan fingerprint density at radius 1 is 1.12 bits per heavy atom. The summed E-state index contributed by atoms with van der Waals surface area (Å²) >= 11 is 0. The SMILES string of the molecule is COC(=O)C[C@H](C(=O)OC)C1(C)CCCCC1. The predicted molar refractivity (Wildman–Crippen MR) is 63.3 cm³/mol. The third-order valence-electron chi connectivity index (χ3n) is 3.92. The van der Waals surface area contributed by atoms with Gasteiger partial charge in [-0.3, -0.25) is 9.59 Å².